The van der Waals surface area contributed by atoms with Gasteiger partial charge in [-0.2, -0.15) is 0 Å². The van der Waals surface area contributed by atoms with Crippen LogP contribution in [0.2, 0.25) is 5.15 Å². The van der Waals surface area contributed by atoms with Gasteiger partial charge in [0.1, 0.15) is 17.1 Å². The topological polar surface area (TPSA) is 78.9 Å². The number of nitrogens with one attached hydrogen (secondary N) is 1. The predicted octanol–water partition coefficient (Wildman–Crippen LogP) is 2.46. The van der Waals surface area contributed by atoms with E-state index in [1.165, 1.54) is 12.4 Å². The minimum Gasteiger partial charge on any atom is -0.478 e. The van der Waals surface area contributed by atoms with E-state index in [-0.39, 0.29) is 5.56 Å². The smallest absolute Gasteiger partial charge is 0.335 e. The highest BCUT2D eigenvalue weighted by molar-refractivity contribution is 6.36. The summed E-state index contributed by atoms with van der Waals surface area (Å²) in [5.74, 6) is -0.978. The van der Waals surface area contributed by atoms with E-state index in [0.717, 1.165) is 5.52 Å². The lowest BCUT2D eigenvalue weighted by Crippen LogP contribution is -1.94. The summed E-state index contributed by atoms with van der Waals surface area (Å²) in [6.45, 7) is 0. The molecular weight excluding hydrogens is 242 g/mol. The van der Waals surface area contributed by atoms with Gasteiger partial charge in [-0.1, -0.05) is 11.6 Å². The van der Waals surface area contributed by atoms with Crippen LogP contribution in [-0.2, 0) is 0 Å². The lowest BCUT2D eigenvalue weighted by atomic mass is 10.1. The molecular formula is C11H6ClN3O2. The van der Waals surface area contributed by atoms with Crippen molar-refractivity contribution in [1.82, 2.24) is 15.0 Å². The molecule has 2 heterocycles. The minimum absolute atomic E-state index is 0.207. The Bertz CT molecular complexity index is 751. The molecule has 3 aromatic rings. The predicted molar refractivity (Wildman–Crippen MR) is 63.4 cm³/mol. The van der Waals surface area contributed by atoms with Crippen molar-refractivity contribution < 1.29 is 9.90 Å². The molecule has 0 aliphatic rings. The largest absolute Gasteiger partial charge is 0.478 e. The van der Waals surface area contributed by atoms with Crippen LogP contribution < -0.4 is 0 Å². The number of benzene rings is 1. The van der Waals surface area contributed by atoms with Crippen LogP contribution in [-0.4, -0.2) is 26.0 Å². The Labute approximate surface area is 100 Å². The summed E-state index contributed by atoms with van der Waals surface area (Å²) >= 11 is 5.99. The molecule has 0 spiro atoms. The zero-order chi connectivity index (χ0) is 12.0. The van der Waals surface area contributed by atoms with Crippen molar-refractivity contribution in [3.63, 3.8) is 0 Å². The zero-order valence-corrected chi connectivity index (χ0v) is 9.19. The Morgan fingerprint density at radius 3 is 2.94 bits per heavy atom. The molecule has 5 nitrogen and oxygen atoms in total. The van der Waals surface area contributed by atoms with E-state index in [1.807, 2.05) is 0 Å². The number of carboxylic acid groups (broad SMARTS) is 1. The van der Waals surface area contributed by atoms with Crippen LogP contribution in [0.25, 0.3) is 21.9 Å². The second kappa shape index (κ2) is 3.43. The number of H-pyrrole nitrogens is 1. The van der Waals surface area contributed by atoms with Gasteiger partial charge in [-0.3, -0.25) is 0 Å². The molecule has 0 bridgehead atoms. The summed E-state index contributed by atoms with van der Waals surface area (Å²) in [6, 6.07) is 4.78. The first-order chi connectivity index (χ1) is 8.16. The zero-order valence-electron chi connectivity index (χ0n) is 8.44. The summed E-state index contributed by atoms with van der Waals surface area (Å²) in [5.41, 5.74) is 1.59. The maximum Gasteiger partial charge on any atom is 0.335 e. The Kier molecular flexibility index (Phi) is 2.02. The molecule has 2 aromatic heterocycles. The van der Waals surface area contributed by atoms with Gasteiger partial charge in [0, 0.05) is 10.9 Å². The number of aromatic amines is 1. The molecule has 3 rings (SSSR count). The van der Waals surface area contributed by atoms with E-state index in [9.17, 15) is 4.79 Å². The number of fused-ring (bicyclic) bond motifs is 3. The van der Waals surface area contributed by atoms with E-state index < -0.39 is 5.97 Å². The summed E-state index contributed by atoms with van der Waals surface area (Å²) < 4.78 is 0. The maximum atomic E-state index is 10.9. The molecule has 0 aliphatic heterocycles. The molecule has 84 valence electrons. The Balaban J connectivity index is 2.48. The lowest BCUT2D eigenvalue weighted by molar-refractivity contribution is 0.0697. The van der Waals surface area contributed by atoms with Crippen molar-refractivity contribution in [2.24, 2.45) is 0 Å². The molecule has 1 aromatic carbocycles. The van der Waals surface area contributed by atoms with Gasteiger partial charge in [-0.15, -0.1) is 0 Å². The Morgan fingerprint density at radius 2 is 2.18 bits per heavy atom. The molecule has 17 heavy (non-hydrogen) atoms. The maximum absolute atomic E-state index is 10.9. The summed E-state index contributed by atoms with van der Waals surface area (Å²) in [4.78, 5) is 21.9. The van der Waals surface area contributed by atoms with Crippen LogP contribution in [0.4, 0.5) is 0 Å². The van der Waals surface area contributed by atoms with E-state index in [1.54, 1.807) is 12.1 Å². The number of carbonyl (C=O) groups is 1. The van der Waals surface area contributed by atoms with Crippen molar-refractivity contribution in [2.75, 3.05) is 0 Å². The first-order valence-electron chi connectivity index (χ1n) is 4.82. The molecule has 0 aliphatic carbocycles. The Morgan fingerprint density at radius 1 is 1.35 bits per heavy atom. The number of nitrogens with zero attached hydrogens (tertiary/aromatic N) is 2. The van der Waals surface area contributed by atoms with Gasteiger partial charge in [0.2, 0.25) is 0 Å². The van der Waals surface area contributed by atoms with Crippen molar-refractivity contribution in [2.45, 2.75) is 0 Å². The van der Waals surface area contributed by atoms with Crippen molar-refractivity contribution in [3.05, 3.63) is 35.2 Å². The third-order valence-electron chi connectivity index (χ3n) is 2.59. The monoisotopic (exact) mass is 247 g/mol. The summed E-state index contributed by atoms with van der Waals surface area (Å²) in [5, 5.41) is 10.6. The van der Waals surface area contributed by atoms with Gasteiger partial charge in [0.25, 0.3) is 0 Å². The van der Waals surface area contributed by atoms with Crippen LogP contribution >= 0.6 is 11.6 Å². The second-order valence-electron chi connectivity index (χ2n) is 3.58. The van der Waals surface area contributed by atoms with Crippen LogP contribution in [0.5, 0.6) is 0 Å². The standard InChI is InChI=1S/C11H6ClN3O2/c12-9-8-6-3-5(11(16)17)1-2-7(6)15-10(8)14-4-13-9/h1-4H,(H,16,17)(H,13,14,15). The lowest BCUT2D eigenvalue weighted by Gasteiger charge is -1.95. The molecule has 0 saturated carbocycles. The molecule has 0 amide bonds. The van der Waals surface area contributed by atoms with Crippen LogP contribution in [0.15, 0.2) is 24.5 Å². The van der Waals surface area contributed by atoms with Gasteiger partial charge < -0.3 is 10.1 Å². The van der Waals surface area contributed by atoms with E-state index in [0.29, 0.717) is 21.6 Å². The number of aromatic nitrogens is 3. The molecule has 0 fully saturated rings. The van der Waals surface area contributed by atoms with E-state index >= 15 is 0 Å². The van der Waals surface area contributed by atoms with Gasteiger partial charge >= 0.3 is 5.97 Å². The van der Waals surface area contributed by atoms with Gasteiger partial charge in [0.15, 0.2) is 0 Å². The third-order valence-corrected chi connectivity index (χ3v) is 2.88. The highest BCUT2D eigenvalue weighted by Crippen LogP contribution is 2.29. The number of hydrogen-bond donors (Lipinski definition) is 2. The highest BCUT2D eigenvalue weighted by atomic mass is 35.5. The summed E-state index contributed by atoms with van der Waals surface area (Å²) in [7, 11) is 0. The number of rotatable bonds is 1. The third kappa shape index (κ3) is 1.43. The summed E-state index contributed by atoms with van der Waals surface area (Å²) in [6.07, 6.45) is 1.36. The number of aromatic carboxylic acids is 1. The molecule has 0 saturated heterocycles. The quantitative estimate of drug-likeness (QED) is 0.648. The minimum atomic E-state index is -0.978. The molecule has 6 heteroatoms. The fourth-order valence-electron chi connectivity index (χ4n) is 1.82. The van der Waals surface area contributed by atoms with E-state index in [2.05, 4.69) is 15.0 Å². The fraction of sp³-hybridized carbons (Fsp3) is 0. The SMILES string of the molecule is O=C(O)c1ccc2[nH]c3ncnc(Cl)c3c2c1. The van der Waals surface area contributed by atoms with Crippen molar-refractivity contribution >= 4 is 39.5 Å². The molecule has 0 unspecified atom stereocenters. The van der Waals surface area contributed by atoms with E-state index in [4.69, 9.17) is 16.7 Å². The number of halogens is 1. The molecule has 2 N–H and O–H groups in total. The number of carboxylic acids is 1. The molecule has 0 radical (unpaired) electrons. The molecule has 0 atom stereocenters. The average molecular weight is 248 g/mol. The second-order valence-corrected chi connectivity index (χ2v) is 3.94. The van der Waals surface area contributed by atoms with Gasteiger partial charge in [-0.05, 0) is 18.2 Å². The Hall–Kier alpha value is -2.14. The van der Waals surface area contributed by atoms with Crippen LogP contribution in [0.3, 0.4) is 0 Å². The fourth-order valence-corrected chi connectivity index (χ4v) is 2.05. The van der Waals surface area contributed by atoms with Crippen LogP contribution in [0.1, 0.15) is 10.4 Å². The number of hydrogen-bond acceptors (Lipinski definition) is 3. The highest BCUT2D eigenvalue weighted by Gasteiger charge is 2.12. The average Bonchev–Trinajstić information content (AvgIpc) is 2.67. The van der Waals surface area contributed by atoms with Gasteiger partial charge in [0.05, 0.1) is 10.9 Å². The van der Waals surface area contributed by atoms with Crippen molar-refractivity contribution in [1.29, 1.82) is 0 Å². The first-order valence-corrected chi connectivity index (χ1v) is 5.20. The normalized spacial score (nSPS) is 11.1. The first kappa shape index (κ1) is 10.0. The van der Waals surface area contributed by atoms with Crippen molar-refractivity contribution in [3.8, 4) is 0 Å². The van der Waals surface area contributed by atoms with Crippen LogP contribution in [0, 0.1) is 0 Å². The van der Waals surface area contributed by atoms with Gasteiger partial charge in [-0.25, -0.2) is 14.8 Å².